The zero-order valence-electron chi connectivity index (χ0n) is 14.7. The Morgan fingerprint density at radius 1 is 1.22 bits per heavy atom. The van der Waals surface area contributed by atoms with Gasteiger partial charge in [-0.05, 0) is 43.7 Å². The Labute approximate surface area is 159 Å². The number of hydrogen-bond donors (Lipinski definition) is 1. The fourth-order valence-electron chi connectivity index (χ4n) is 2.25. The van der Waals surface area contributed by atoms with E-state index in [4.69, 9.17) is 4.74 Å². The molecule has 0 saturated heterocycles. The maximum Gasteiger partial charge on any atom is 0.350 e. The Kier molecular flexibility index (Phi) is 5.56. The summed E-state index contributed by atoms with van der Waals surface area (Å²) in [6.07, 6.45) is 1.64. The summed E-state index contributed by atoms with van der Waals surface area (Å²) >= 11 is 1.15. The number of nitrogens with one attached hydrogen (secondary N) is 1. The molecule has 8 heteroatoms. The number of ether oxygens (including phenoxy) is 1. The second-order valence-corrected chi connectivity index (χ2v) is 6.74. The Bertz CT molecular complexity index is 989. The molecule has 0 radical (unpaired) electrons. The molecule has 3 aromatic rings. The quantitative estimate of drug-likeness (QED) is 0.677. The molecule has 0 aliphatic heterocycles. The van der Waals surface area contributed by atoms with Crippen molar-refractivity contribution in [2.24, 2.45) is 0 Å². The molecule has 0 spiro atoms. The van der Waals surface area contributed by atoms with Crippen LogP contribution in [0.4, 0.5) is 10.1 Å². The normalized spacial score (nSPS) is 10.5. The van der Waals surface area contributed by atoms with E-state index in [0.29, 0.717) is 32.5 Å². The number of carbonyl (C=O) groups is 2. The van der Waals surface area contributed by atoms with E-state index in [2.05, 4.69) is 15.3 Å². The number of halogens is 1. The van der Waals surface area contributed by atoms with Crippen LogP contribution in [0.15, 0.2) is 42.6 Å². The first-order chi connectivity index (χ1) is 12.9. The Morgan fingerprint density at radius 3 is 2.74 bits per heavy atom. The molecular weight excluding hydrogens is 369 g/mol. The van der Waals surface area contributed by atoms with Crippen molar-refractivity contribution in [2.75, 3.05) is 11.9 Å². The highest BCUT2D eigenvalue weighted by atomic mass is 32.1. The van der Waals surface area contributed by atoms with E-state index >= 15 is 0 Å². The molecule has 138 valence electrons. The van der Waals surface area contributed by atoms with E-state index in [1.807, 2.05) is 6.07 Å². The second kappa shape index (κ2) is 8.05. The molecule has 0 aliphatic rings. The Hall–Kier alpha value is -3.13. The maximum absolute atomic E-state index is 13.5. The zero-order valence-corrected chi connectivity index (χ0v) is 15.5. The van der Waals surface area contributed by atoms with Crippen LogP contribution < -0.4 is 5.32 Å². The number of esters is 1. The minimum atomic E-state index is -0.641. The van der Waals surface area contributed by atoms with Crippen LogP contribution >= 0.6 is 11.3 Å². The predicted octanol–water partition coefficient (Wildman–Crippen LogP) is 3.76. The standard InChI is InChI=1S/C19H16FN3O3S/c1-11-6-7-13(9-14(11)20)23-16(24)10-26-19(25)17-12(2)22-18(27-17)15-5-3-4-8-21-15/h3-9H,10H2,1-2H3,(H,23,24). The third-order valence-corrected chi connectivity index (χ3v) is 4.82. The fourth-order valence-corrected chi connectivity index (χ4v) is 3.19. The summed E-state index contributed by atoms with van der Waals surface area (Å²) < 4.78 is 18.6. The molecule has 0 bridgehead atoms. The predicted molar refractivity (Wildman–Crippen MR) is 100 cm³/mol. The van der Waals surface area contributed by atoms with Crippen LogP contribution in [0.1, 0.15) is 20.9 Å². The number of nitrogens with zero attached hydrogens (tertiary/aromatic N) is 2. The van der Waals surface area contributed by atoms with Crippen molar-refractivity contribution in [3.8, 4) is 10.7 Å². The first kappa shape index (κ1) is 18.7. The molecule has 3 rings (SSSR count). The summed E-state index contributed by atoms with van der Waals surface area (Å²) in [6.45, 7) is 2.83. The van der Waals surface area contributed by atoms with Crippen LogP contribution in [-0.4, -0.2) is 28.5 Å². The number of benzene rings is 1. The van der Waals surface area contributed by atoms with Crippen molar-refractivity contribution in [1.82, 2.24) is 9.97 Å². The lowest BCUT2D eigenvalue weighted by Crippen LogP contribution is -2.21. The van der Waals surface area contributed by atoms with Gasteiger partial charge in [0.2, 0.25) is 0 Å². The molecule has 0 aliphatic carbocycles. The number of thiazole rings is 1. The van der Waals surface area contributed by atoms with Crippen molar-refractivity contribution in [3.05, 3.63) is 64.5 Å². The van der Waals surface area contributed by atoms with Gasteiger partial charge in [-0.1, -0.05) is 12.1 Å². The van der Waals surface area contributed by atoms with Crippen LogP contribution in [0.25, 0.3) is 10.7 Å². The van der Waals surface area contributed by atoms with E-state index in [0.717, 1.165) is 11.3 Å². The first-order valence-corrected chi connectivity index (χ1v) is 8.87. The minimum Gasteiger partial charge on any atom is -0.451 e. The highest BCUT2D eigenvalue weighted by Gasteiger charge is 2.19. The van der Waals surface area contributed by atoms with Crippen LogP contribution in [-0.2, 0) is 9.53 Å². The number of pyridine rings is 1. The largest absolute Gasteiger partial charge is 0.451 e. The SMILES string of the molecule is Cc1ccc(NC(=O)COC(=O)c2sc(-c3ccccn3)nc2C)cc1F. The van der Waals surface area contributed by atoms with Gasteiger partial charge in [0.05, 0.1) is 11.4 Å². The van der Waals surface area contributed by atoms with Crippen LogP contribution in [0.5, 0.6) is 0 Å². The number of anilines is 1. The Balaban J connectivity index is 1.61. The van der Waals surface area contributed by atoms with Gasteiger partial charge in [-0.2, -0.15) is 0 Å². The number of aryl methyl sites for hydroxylation is 2. The number of carbonyl (C=O) groups excluding carboxylic acids is 2. The van der Waals surface area contributed by atoms with Gasteiger partial charge in [-0.3, -0.25) is 9.78 Å². The molecule has 6 nitrogen and oxygen atoms in total. The average molecular weight is 385 g/mol. The number of amides is 1. The second-order valence-electron chi connectivity index (χ2n) is 5.74. The van der Waals surface area contributed by atoms with Crippen molar-refractivity contribution in [1.29, 1.82) is 0 Å². The summed E-state index contributed by atoms with van der Waals surface area (Å²) in [4.78, 5) is 33.0. The molecule has 0 unspecified atom stereocenters. The van der Waals surface area contributed by atoms with E-state index in [1.54, 1.807) is 44.3 Å². The number of hydrogen-bond acceptors (Lipinski definition) is 6. The van der Waals surface area contributed by atoms with Gasteiger partial charge < -0.3 is 10.1 Å². The molecule has 2 heterocycles. The van der Waals surface area contributed by atoms with Gasteiger partial charge in [0.1, 0.15) is 15.7 Å². The van der Waals surface area contributed by atoms with Crippen LogP contribution in [0.2, 0.25) is 0 Å². The smallest absolute Gasteiger partial charge is 0.350 e. The summed E-state index contributed by atoms with van der Waals surface area (Å²) in [7, 11) is 0. The van der Waals surface area contributed by atoms with E-state index in [-0.39, 0.29) is 0 Å². The van der Waals surface area contributed by atoms with E-state index in [1.165, 1.54) is 6.07 Å². The lowest BCUT2D eigenvalue weighted by molar-refractivity contribution is -0.119. The third kappa shape index (κ3) is 4.53. The van der Waals surface area contributed by atoms with Crippen LogP contribution in [0, 0.1) is 19.7 Å². The molecular formula is C19H16FN3O3S. The van der Waals surface area contributed by atoms with Gasteiger partial charge in [0, 0.05) is 11.9 Å². The van der Waals surface area contributed by atoms with Gasteiger partial charge >= 0.3 is 5.97 Å². The highest BCUT2D eigenvalue weighted by molar-refractivity contribution is 7.17. The molecule has 0 atom stereocenters. The van der Waals surface area contributed by atoms with Crippen molar-refractivity contribution in [3.63, 3.8) is 0 Å². The molecule has 27 heavy (non-hydrogen) atoms. The van der Waals surface area contributed by atoms with Gasteiger partial charge in [-0.25, -0.2) is 14.2 Å². The number of rotatable bonds is 5. The molecule has 2 aromatic heterocycles. The van der Waals surface area contributed by atoms with E-state index in [9.17, 15) is 14.0 Å². The van der Waals surface area contributed by atoms with Gasteiger partial charge in [-0.15, -0.1) is 11.3 Å². The number of aromatic nitrogens is 2. The summed E-state index contributed by atoms with van der Waals surface area (Å²) in [5, 5.41) is 3.08. The summed E-state index contributed by atoms with van der Waals surface area (Å²) in [6, 6.07) is 9.75. The molecule has 0 fully saturated rings. The van der Waals surface area contributed by atoms with Gasteiger partial charge in [0.15, 0.2) is 6.61 Å². The molecule has 0 saturated carbocycles. The van der Waals surface area contributed by atoms with Gasteiger partial charge in [0.25, 0.3) is 5.91 Å². The summed E-state index contributed by atoms with van der Waals surface area (Å²) in [5.41, 5.74) is 1.94. The fraction of sp³-hybridized carbons (Fsp3) is 0.158. The maximum atomic E-state index is 13.5. The lowest BCUT2D eigenvalue weighted by atomic mass is 10.2. The summed E-state index contributed by atoms with van der Waals surface area (Å²) in [5.74, 6) is -1.62. The average Bonchev–Trinajstić information content (AvgIpc) is 3.05. The van der Waals surface area contributed by atoms with E-state index < -0.39 is 24.3 Å². The molecule has 1 N–H and O–H groups in total. The third-order valence-electron chi connectivity index (χ3n) is 3.66. The first-order valence-electron chi connectivity index (χ1n) is 8.06. The zero-order chi connectivity index (χ0) is 19.4. The topological polar surface area (TPSA) is 81.2 Å². The lowest BCUT2D eigenvalue weighted by Gasteiger charge is -2.07. The highest BCUT2D eigenvalue weighted by Crippen LogP contribution is 2.26. The monoisotopic (exact) mass is 385 g/mol. The van der Waals surface area contributed by atoms with Crippen molar-refractivity contribution in [2.45, 2.75) is 13.8 Å². The van der Waals surface area contributed by atoms with Crippen molar-refractivity contribution >= 4 is 28.9 Å². The Morgan fingerprint density at radius 2 is 2.04 bits per heavy atom. The minimum absolute atomic E-state index is 0.297. The molecule has 1 aromatic carbocycles. The van der Waals surface area contributed by atoms with Crippen molar-refractivity contribution < 1.29 is 18.7 Å². The molecule has 1 amide bonds. The van der Waals surface area contributed by atoms with Crippen LogP contribution in [0.3, 0.4) is 0 Å².